The van der Waals surface area contributed by atoms with Crippen molar-refractivity contribution >= 4 is 10.9 Å². The van der Waals surface area contributed by atoms with E-state index in [9.17, 15) is 5.11 Å². The lowest BCUT2D eigenvalue weighted by molar-refractivity contribution is 0.0768. The van der Waals surface area contributed by atoms with Crippen LogP contribution in [0, 0.1) is 0 Å². The summed E-state index contributed by atoms with van der Waals surface area (Å²) >= 11 is 0. The van der Waals surface area contributed by atoms with Gasteiger partial charge in [-0.3, -0.25) is 0 Å². The maximum absolute atomic E-state index is 11.7. The van der Waals surface area contributed by atoms with E-state index in [-0.39, 0.29) is 0 Å². The number of aromatic nitrogens is 1. The van der Waals surface area contributed by atoms with Gasteiger partial charge in [0.25, 0.3) is 0 Å². The summed E-state index contributed by atoms with van der Waals surface area (Å²) in [5, 5.41) is 12.8. The third-order valence-corrected chi connectivity index (χ3v) is 4.58. The summed E-state index contributed by atoms with van der Waals surface area (Å²) < 4.78 is 0. The Labute approximate surface area is 147 Å². The molecule has 25 heavy (non-hydrogen) atoms. The lowest BCUT2D eigenvalue weighted by atomic mass is 9.84. The molecule has 1 N–H and O–H groups in total. The standard InChI is InChI=1S/C23H19NO/c25-23(20-12-5-2-6-13-20,17-18-9-3-1-4-10-18)22-16-15-19-11-7-8-14-21(19)24-22/h1-16,25H,17H2. The first-order valence-electron chi connectivity index (χ1n) is 8.44. The molecule has 0 spiro atoms. The zero-order chi connectivity index (χ0) is 17.1. The number of pyridine rings is 1. The first-order chi connectivity index (χ1) is 12.3. The smallest absolute Gasteiger partial charge is 0.135 e. The summed E-state index contributed by atoms with van der Waals surface area (Å²) in [7, 11) is 0. The number of hydrogen-bond acceptors (Lipinski definition) is 2. The fraction of sp³-hybridized carbons (Fsp3) is 0.0870. The molecule has 2 heteroatoms. The van der Waals surface area contributed by atoms with Crippen LogP contribution >= 0.6 is 0 Å². The van der Waals surface area contributed by atoms with Crippen molar-refractivity contribution in [3.63, 3.8) is 0 Å². The van der Waals surface area contributed by atoms with Crippen molar-refractivity contribution < 1.29 is 5.11 Å². The van der Waals surface area contributed by atoms with E-state index in [0.717, 1.165) is 22.0 Å². The molecule has 4 rings (SSSR count). The Kier molecular flexibility index (Phi) is 4.04. The van der Waals surface area contributed by atoms with Gasteiger partial charge in [-0.2, -0.15) is 0 Å². The van der Waals surface area contributed by atoms with Crippen molar-refractivity contribution in [1.29, 1.82) is 0 Å². The van der Waals surface area contributed by atoms with Crippen molar-refractivity contribution in [2.45, 2.75) is 12.0 Å². The molecule has 0 radical (unpaired) electrons. The normalized spacial score (nSPS) is 13.5. The average Bonchev–Trinajstić information content (AvgIpc) is 2.69. The summed E-state index contributed by atoms with van der Waals surface area (Å²) in [6.07, 6.45) is 0.475. The van der Waals surface area contributed by atoms with E-state index >= 15 is 0 Å². The van der Waals surface area contributed by atoms with Gasteiger partial charge in [-0.25, -0.2) is 4.98 Å². The zero-order valence-corrected chi connectivity index (χ0v) is 13.8. The van der Waals surface area contributed by atoms with Gasteiger partial charge in [-0.05, 0) is 23.3 Å². The van der Waals surface area contributed by atoms with E-state index in [4.69, 9.17) is 4.98 Å². The average molecular weight is 325 g/mol. The van der Waals surface area contributed by atoms with Gasteiger partial charge in [-0.1, -0.05) is 84.9 Å². The molecule has 1 unspecified atom stereocenters. The van der Waals surface area contributed by atoms with E-state index in [1.165, 1.54) is 0 Å². The van der Waals surface area contributed by atoms with E-state index in [1.807, 2.05) is 97.1 Å². The summed E-state index contributed by atoms with van der Waals surface area (Å²) in [5.74, 6) is 0. The van der Waals surface area contributed by atoms with Gasteiger partial charge >= 0.3 is 0 Å². The molecular formula is C23H19NO. The van der Waals surface area contributed by atoms with Crippen molar-refractivity contribution in [2.75, 3.05) is 0 Å². The Bertz CT molecular complexity index is 982. The highest BCUT2D eigenvalue weighted by atomic mass is 16.3. The molecule has 0 saturated heterocycles. The molecular weight excluding hydrogens is 306 g/mol. The van der Waals surface area contributed by atoms with Gasteiger partial charge in [0.2, 0.25) is 0 Å². The first-order valence-corrected chi connectivity index (χ1v) is 8.44. The number of rotatable bonds is 4. The number of hydrogen-bond donors (Lipinski definition) is 1. The molecule has 0 saturated carbocycles. The van der Waals surface area contributed by atoms with Crippen LogP contribution in [0.1, 0.15) is 16.8 Å². The molecule has 1 atom stereocenters. The number of aliphatic hydroxyl groups is 1. The van der Waals surface area contributed by atoms with Crippen LogP contribution in [0.25, 0.3) is 10.9 Å². The Balaban J connectivity index is 1.86. The second kappa shape index (κ2) is 6.50. The second-order valence-electron chi connectivity index (χ2n) is 6.28. The van der Waals surface area contributed by atoms with Crippen LogP contribution in [0.5, 0.6) is 0 Å². The van der Waals surface area contributed by atoms with E-state index in [1.54, 1.807) is 0 Å². The summed E-state index contributed by atoms with van der Waals surface area (Å²) in [6, 6.07) is 31.8. The minimum Gasteiger partial charge on any atom is -0.378 e. The summed E-state index contributed by atoms with van der Waals surface area (Å²) in [4.78, 5) is 4.77. The molecule has 3 aromatic carbocycles. The molecule has 1 aromatic heterocycles. The lowest BCUT2D eigenvalue weighted by Crippen LogP contribution is -2.31. The van der Waals surface area contributed by atoms with Crippen LogP contribution in [0.3, 0.4) is 0 Å². The SMILES string of the molecule is OC(Cc1ccccc1)(c1ccccc1)c1ccc2ccccc2n1. The van der Waals surface area contributed by atoms with Crippen molar-refractivity contribution in [3.05, 3.63) is 114 Å². The Morgan fingerprint density at radius 2 is 1.32 bits per heavy atom. The van der Waals surface area contributed by atoms with Crippen LogP contribution in [-0.4, -0.2) is 10.1 Å². The minimum atomic E-state index is -1.17. The summed E-state index contributed by atoms with van der Waals surface area (Å²) in [5.41, 5.74) is 2.31. The van der Waals surface area contributed by atoms with Crippen molar-refractivity contribution in [3.8, 4) is 0 Å². The number of para-hydroxylation sites is 1. The van der Waals surface area contributed by atoms with Crippen LogP contribution in [0.2, 0.25) is 0 Å². The number of nitrogens with zero attached hydrogens (tertiary/aromatic N) is 1. The molecule has 0 aliphatic heterocycles. The highest BCUT2D eigenvalue weighted by Gasteiger charge is 2.33. The third kappa shape index (κ3) is 3.04. The molecule has 0 bridgehead atoms. The van der Waals surface area contributed by atoms with Gasteiger partial charge in [0.1, 0.15) is 5.60 Å². The van der Waals surface area contributed by atoms with E-state index < -0.39 is 5.60 Å². The molecule has 0 aliphatic carbocycles. The Hall–Kier alpha value is -2.97. The van der Waals surface area contributed by atoms with Gasteiger partial charge in [0.05, 0.1) is 11.2 Å². The van der Waals surface area contributed by atoms with Gasteiger partial charge in [0.15, 0.2) is 0 Å². The molecule has 2 nitrogen and oxygen atoms in total. The summed E-state index contributed by atoms with van der Waals surface area (Å²) in [6.45, 7) is 0. The maximum atomic E-state index is 11.7. The number of fused-ring (bicyclic) bond motifs is 1. The van der Waals surface area contributed by atoms with Gasteiger partial charge in [0, 0.05) is 11.8 Å². The Morgan fingerprint density at radius 3 is 2.08 bits per heavy atom. The highest BCUT2D eigenvalue weighted by molar-refractivity contribution is 5.78. The largest absolute Gasteiger partial charge is 0.378 e. The Morgan fingerprint density at radius 1 is 0.680 bits per heavy atom. The van der Waals surface area contributed by atoms with E-state index in [0.29, 0.717) is 12.1 Å². The topological polar surface area (TPSA) is 33.1 Å². The second-order valence-corrected chi connectivity index (χ2v) is 6.28. The zero-order valence-electron chi connectivity index (χ0n) is 13.8. The first kappa shape index (κ1) is 15.6. The van der Waals surface area contributed by atoms with Gasteiger partial charge in [-0.15, -0.1) is 0 Å². The fourth-order valence-corrected chi connectivity index (χ4v) is 3.24. The van der Waals surface area contributed by atoms with Crippen LogP contribution in [0.4, 0.5) is 0 Å². The van der Waals surface area contributed by atoms with Crippen LogP contribution < -0.4 is 0 Å². The predicted octanol–water partition coefficient (Wildman–Crippen LogP) is 4.71. The molecule has 0 amide bonds. The molecule has 0 aliphatic rings. The number of benzene rings is 3. The van der Waals surface area contributed by atoms with Crippen molar-refractivity contribution in [1.82, 2.24) is 4.98 Å². The molecule has 4 aromatic rings. The monoisotopic (exact) mass is 325 g/mol. The van der Waals surface area contributed by atoms with Gasteiger partial charge < -0.3 is 5.11 Å². The van der Waals surface area contributed by atoms with Crippen LogP contribution in [-0.2, 0) is 12.0 Å². The lowest BCUT2D eigenvalue weighted by Gasteiger charge is -2.29. The molecule has 122 valence electrons. The fourth-order valence-electron chi connectivity index (χ4n) is 3.24. The third-order valence-electron chi connectivity index (χ3n) is 4.58. The quantitative estimate of drug-likeness (QED) is 0.589. The highest BCUT2D eigenvalue weighted by Crippen LogP contribution is 2.33. The van der Waals surface area contributed by atoms with E-state index in [2.05, 4.69) is 0 Å². The maximum Gasteiger partial charge on any atom is 0.135 e. The predicted molar refractivity (Wildman–Crippen MR) is 101 cm³/mol. The minimum absolute atomic E-state index is 0.475. The molecule has 0 fully saturated rings. The van der Waals surface area contributed by atoms with Crippen molar-refractivity contribution in [2.24, 2.45) is 0 Å². The van der Waals surface area contributed by atoms with Crippen LogP contribution in [0.15, 0.2) is 97.1 Å². The molecule has 1 heterocycles.